The summed E-state index contributed by atoms with van der Waals surface area (Å²) in [5, 5.41) is 18.7. The first-order valence-electron chi connectivity index (χ1n) is 14.8. The fraction of sp³-hybridized carbons (Fsp3) is 0.387. The first kappa shape index (κ1) is 29.3. The number of nitrogen functional groups attached to an aromatic ring is 1. The molecule has 3 N–H and O–H groups in total. The Hall–Kier alpha value is -4.16. The topological polar surface area (TPSA) is 148 Å². The molecule has 3 aliphatic heterocycles. The van der Waals surface area contributed by atoms with Crippen molar-refractivity contribution in [2.45, 2.75) is 57.7 Å². The number of hydrogen-bond acceptors (Lipinski definition) is 12. The first-order chi connectivity index (χ1) is 22.3. The van der Waals surface area contributed by atoms with E-state index in [4.69, 9.17) is 41.3 Å². The molecule has 15 heteroatoms. The number of fused-ring (bicyclic) bond motifs is 5. The highest BCUT2D eigenvalue weighted by atomic mass is 35.5. The van der Waals surface area contributed by atoms with E-state index in [1.165, 1.54) is 6.07 Å². The minimum absolute atomic E-state index is 0.0660. The molecule has 0 bridgehead atoms. The number of anilines is 2. The van der Waals surface area contributed by atoms with Crippen molar-refractivity contribution in [1.29, 1.82) is 5.26 Å². The van der Waals surface area contributed by atoms with Crippen LogP contribution >= 0.6 is 22.9 Å². The van der Waals surface area contributed by atoms with E-state index in [0.29, 0.717) is 57.9 Å². The van der Waals surface area contributed by atoms with Crippen LogP contribution in [-0.4, -0.2) is 56.4 Å². The van der Waals surface area contributed by atoms with Gasteiger partial charge in [0.1, 0.15) is 35.5 Å². The van der Waals surface area contributed by atoms with Crippen LogP contribution in [0.5, 0.6) is 6.01 Å². The first-order valence-corrected chi connectivity index (χ1v) is 16.0. The average Bonchev–Trinajstić information content (AvgIpc) is 3.85. The molecule has 8 rings (SSSR count). The number of benzene rings is 2. The molecule has 11 nitrogen and oxygen atoms in total. The monoisotopic (exact) mass is 664 g/mol. The van der Waals surface area contributed by atoms with Gasteiger partial charge in [-0.3, -0.25) is 4.90 Å². The van der Waals surface area contributed by atoms with Gasteiger partial charge in [0.2, 0.25) is 5.89 Å². The highest BCUT2D eigenvalue weighted by molar-refractivity contribution is 7.23. The number of nitrogens with one attached hydrogen (secondary N) is 1. The predicted octanol–water partition coefficient (Wildman–Crippen LogP) is 6.05. The van der Waals surface area contributed by atoms with E-state index in [2.05, 4.69) is 26.4 Å². The predicted molar refractivity (Wildman–Crippen MR) is 168 cm³/mol. The molecule has 0 amide bonds. The van der Waals surface area contributed by atoms with E-state index in [1.807, 2.05) is 0 Å². The fourth-order valence-electron chi connectivity index (χ4n) is 7.22. The maximum absolute atomic E-state index is 15.0. The number of nitriles is 1. The van der Waals surface area contributed by atoms with Crippen molar-refractivity contribution in [2.24, 2.45) is 0 Å². The summed E-state index contributed by atoms with van der Waals surface area (Å²) < 4.78 is 47.1. The van der Waals surface area contributed by atoms with E-state index in [0.717, 1.165) is 41.9 Å². The molecular formula is C31H27ClF2N8O3S. The Labute approximate surface area is 270 Å². The summed E-state index contributed by atoms with van der Waals surface area (Å²) in [6, 6.07) is 5.15. The Morgan fingerprint density at radius 1 is 1.26 bits per heavy atom. The van der Waals surface area contributed by atoms with E-state index in [9.17, 15) is 14.0 Å². The average molecular weight is 665 g/mol. The van der Waals surface area contributed by atoms with Crippen molar-refractivity contribution in [3.05, 3.63) is 51.4 Å². The van der Waals surface area contributed by atoms with Gasteiger partial charge in [-0.25, -0.2) is 8.78 Å². The number of thiophene rings is 1. The van der Waals surface area contributed by atoms with Gasteiger partial charge < -0.3 is 25.0 Å². The molecule has 46 heavy (non-hydrogen) atoms. The number of aryl methyl sites for hydroxylation is 1. The van der Waals surface area contributed by atoms with Crippen LogP contribution in [0.15, 0.2) is 16.7 Å². The molecule has 236 valence electrons. The molecule has 0 aliphatic carbocycles. The molecule has 5 aromatic rings. The lowest BCUT2D eigenvalue weighted by Gasteiger charge is -2.30. The number of nitrogens with two attached hydrogens (primary N) is 1. The zero-order valence-electron chi connectivity index (χ0n) is 24.6. The van der Waals surface area contributed by atoms with Crippen LogP contribution in [0.1, 0.15) is 47.7 Å². The van der Waals surface area contributed by atoms with Crippen LogP contribution in [0.4, 0.5) is 19.6 Å². The Kier molecular flexibility index (Phi) is 6.98. The van der Waals surface area contributed by atoms with Gasteiger partial charge in [0.15, 0.2) is 5.82 Å². The summed E-state index contributed by atoms with van der Waals surface area (Å²) >= 11 is 8.29. The molecule has 3 aliphatic rings. The zero-order chi connectivity index (χ0) is 31.7. The highest BCUT2D eigenvalue weighted by Gasteiger charge is 2.49. The minimum Gasteiger partial charge on any atom is -0.461 e. The molecule has 0 spiro atoms. The van der Waals surface area contributed by atoms with E-state index >= 15 is 0 Å². The van der Waals surface area contributed by atoms with Crippen molar-refractivity contribution in [3.8, 4) is 23.2 Å². The van der Waals surface area contributed by atoms with Crippen LogP contribution in [0.3, 0.4) is 0 Å². The molecule has 2 saturated heterocycles. The van der Waals surface area contributed by atoms with Gasteiger partial charge in [0, 0.05) is 30.8 Å². The maximum atomic E-state index is 15.0. The van der Waals surface area contributed by atoms with E-state index in [1.54, 1.807) is 13.0 Å². The summed E-state index contributed by atoms with van der Waals surface area (Å²) in [7, 11) is 0. The zero-order valence-corrected chi connectivity index (χ0v) is 26.2. The van der Waals surface area contributed by atoms with Crippen LogP contribution in [0.2, 0.25) is 5.02 Å². The molecule has 2 fully saturated rings. The summed E-state index contributed by atoms with van der Waals surface area (Å²) in [5.74, 6) is 0.797. The van der Waals surface area contributed by atoms with E-state index in [-0.39, 0.29) is 52.7 Å². The smallest absolute Gasteiger partial charge is 0.319 e. The normalized spacial score (nSPS) is 20.8. The summed E-state index contributed by atoms with van der Waals surface area (Å²) in [6.45, 7) is 3.80. The van der Waals surface area contributed by atoms with Gasteiger partial charge in [0.25, 0.3) is 0 Å². The second-order valence-electron chi connectivity index (χ2n) is 11.9. The fourth-order valence-corrected chi connectivity index (χ4v) is 8.52. The number of hydrogen-bond donors (Lipinski definition) is 2. The second kappa shape index (κ2) is 11.0. The lowest BCUT2D eigenvalue weighted by atomic mass is 9.91. The van der Waals surface area contributed by atoms with Gasteiger partial charge in [-0.05, 0) is 42.1 Å². The van der Waals surface area contributed by atoms with Crippen molar-refractivity contribution >= 4 is 54.7 Å². The van der Waals surface area contributed by atoms with Gasteiger partial charge in [-0.1, -0.05) is 22.8 Å². The lowest BCUT2D eigenvalue weighted by Crippen LogP contribution is -2.43. The van der Waals surface area contributed by atoms with Crippen molar-refractivity contribution in [1.82, 2.24) is 25.0 Å². The largest absolute Gasteiger partial charge is 0.461 e. The lowest BCUT2D eigenvalue weighted by molar-refractivity contribution is 0.107. The van der Waals surface area contributed by atoms with Gasteiger partial charge in [-0.15, -0.1) is 11.3 Å². The van der Waals surface area contributed by atoms with E-state index < -0.39 is 17.5 Å². The van der Waals surface area contributed by atoms with Crippen LogP contribution in [0.25, 0.3) is 32.1 Å². The molecule has 2 unspecified atom stereocenters. The van der Waals surface area contributed by atoms with Crippen molar-refractivity contribution < 1.29 is 22.8 Å². The molecule has 0 radical (unpaired) electrons. The number of rotatable bonds is 7. The summed E-state index contributed by atoms with van der Waals surface area (Å²) in [4.78, 5) is 16.0. The summed E-state index contributed by atoms with van der Waals surface area (Å²) in [5.41, 5.74) is 9.00. The van der Waals surface area contributed by atoms with Crippen LogP contribution < -0.4 is 15.8 Å². The number of alkyl halides is 1. The minimum atomic E-state index is -0.909. The standard InChI is InChI=1S/C31H27ClF2N8O3S/c1-14-38-21(41-45-14)9-37-29-24-19-12-43-11-18(19)22(16-3-4-20(34)27-23(16)17(8-35)28(36)46-27)25(32)26(24)39-30(40-29)44-13-31-5-2-6-42(31)10-15(33)7-31/h3-4,15H,2,5-7,9-13,36H2,1H3,(H,37,39,40). The molecule has 2 atom stereocenters. The third-order valence-corrected chi connectivity index (χ3v) is 10.6. The van der Waals surface area contributed by atoms with Gasteiger partial charge in [-0.2, -0.15) is 20.2 Å². The summed E-state index contributed by atoms with van der Waals surface area (Å²) in [6.07, 6.45) is 1.28. The van der Waals surface area contributed by atoms with Crippen molar-refractivity contribution in [2.75, 3.05) is 30.7 Å². The highest BCUT2D eigenvalue weighted by Crippen LogP contribution is 2.49. The number of aromatic nitrogens is 4. The number of ether oxygens (including phenoxy) is 2. The van der Waals surface area contributed by atoms with Crippen molar-refractivity contribution in [3.63, 3.8) is 0 Å². The Morgan fingerprint density at radius 3 is 2.91 bits per heavy atom. The Bertz CT molecular complexity index is 2100. The van der Waals surface area contributed by atoms with Crippen LogP contribution in [0, 0.1) is 24.1 Å². The molecule has 3 aromatic heterocycles. The third kappa shape index (κ3) is 4.56. The quantitative estimate of drug-likeness (QED) is 0.210. The van der Waals surface area contributed by atoms with Gasteiger partial charge in [0.05, 0.1) is 51.5 Å². The molecule has 2 aromatic carbocycles. The Balaban J connectivity index is 1.31. The molecular weight excluding hydrogens is 638 g/mol. The Morgan fingerprint density at radius 2 is 2.11 bits per heavy atom. The SMILES string of the molecule is Cc1nc(CNc2nc(OCC34CCCN3CC(F)C4)nc3c(Cl)c(-c4ccc(F)c5sc(N)c(C#N)c45)c4c(c23)COC4)no1. The number of nitrogens with zero attached hydrogens (tertiary/aromatic N) is 6. The number of halogens is 3. The van der Waals surface area contributed by atoms with Gasteiger partial charge >= 0.3 is 6.01 Å². The third-order valence-electron chi connectivity index (χ3n) is 9.19. The van der Waals surface area contributed by atoms with Crippen LogP contribution in [-0.2, 0) is 24.5 Å². The molecule has 6 heterocycles. The maximum Gasteiger partial charge on any atom is 0.319 e. The molecule has 0 saturated carbocycles. The second-order valence-corrected chi connectivity index (χ2v) is 13.3.